The molecular weight excluding hydrogens is 248 g/mol. The van der Waals surface area contributed by atoms with Gasteiger partial charge in [-0.2, -0.15) is 0 Å². The maximum absolute atomic E-state index is 11.6. The minimum atomic E-state index is -0.0469. The largest absolute Gasteiger partial charge is 0.462 e. The quantitative estimate of drug-likeness (QED) is 0.843. The number of aromatic nitrogens is 1. The Balaban J connectivity index is 1.95. The minimum absolute atomic E-state index is 0.0469. The molecule has 0 aliphatic carbocycles. The van der Waals surface area contributed by atoms with E-state index in [-0.39, 0.29) is 12.3 Å². The van der Waals surface area contributed by atoms with Crippen LogP contribution in [0.5, 0.6) is 0 Å². The van der Waals surface area contributed by atoms with Gasteiger partial charge in [0.2, 0.25) is 5.91 Å². The Morgan fingerprint density at radius 3 is 3.11 bits per heavy atom. The number of hydrogen-bond acceptors (Lipinski definition) is 4. The number of thiazole rings is 1. The van der Waals surface area contributed by atoms with Crippen LogP contribution in [-0.4, -0.2) is 17.4 Å². The predicted molar refractivity (Wildman–Crippen MR) is 71.3 cm³/mol. The predicted octanol–water partition coefficient (Wildman–Crippen LogP) is 2.64. The Morgan fingerprint density at radius 2 is 2.44 bits per heavy atom. The first-order valence-corrected chi connectivity index (χ1v) is 6.42. The third-order valence-electron chi connectivity index (χ3n) is 2.21. The van der Waals surface area contributed by atoms with Crippen LogP contribution in [0.2, 0.25) is 0 Å². The molecule has 0 spiro atoms. The van der Waals surface area contributed by atoms with Crippen molar-refractivity contribution in [1.82, 2.24) is 10.3 Å². The molecule has 0 aromatic carbocycles. The molecule has 0 aliphatic rings. The van der Waals surface area contributed by atoms with Gasteiger partial charge >= 0.3 is 0 Å². The van der Waals surface area contributed by atoms with Crippen molar-refractivity contribution >= 4 is 17.2 Å². The van der Waals surface area contributed by atoms with Gasteiger partial charge in [0.1, 0.15) is 0 Å². The lowest BCUT2D eigenvalue weighted by Gasteiger charge is -2.02. The van der Waals surface area contributed by atoms with E-state index >= 15 is 0 Å². The molecule has 0 radical (unpaired) electrons. The van der Waals surface area contributed by atoms with Crippen LogP contribution in [0.1, 0.15) is 12.6 Å². The second-order valence-electron chi connectivity index (χ2n) is 4.03. The van der Waals surface area contributed by atoms with Crippen molar-refractivity contribution in [2.75, 3.05) is 6.54 Å². The second kappa shape index (κ2) is 5.64. The van der Waals surface area contributed by atoms with E-state index in [4.69, 9.17) is 4.42 Å². The molecule has 2 rings (SSSR count). The van der Waals surface area contributed by atoms with Gasteiger partial charge in [-0.05, 0) is 19.1 Å². The first kappa shape index (κ1) is 12.6. The maximum Gasteiger partial charge on any atom is 0.226 e. The van der Waals surface area contributed by atoms with Crippen LogP contribution in [0.25, 0.3) is 10.8 Å². The van der Waals surface area contributed by atoms with Crippen molar-refractivity contribution in [3.05, 3.63) is 41.6 Å². The SMILES string of the molecule is C=C(C)CNC(=O)Cc1csc(-c2ccco2)n1. The summed E-state index contributed by atoms with van der Waals surface area (Å²) in [6, 6.07) is 3.67. The number of furan rings is 1. The van der Waals surface area contributed by atoms with Crippen LogP contribution < -0.4 is 5.32 Å². The van der Waals surface area contributed by atoms with Crippen LogP contribution in [0.4, 0.5) is 0 Å². The number of carbonyl (C=O) groups excluding carboxylic acids is 1. The summed E-state index contributed by atoms with van der Waals surface area (Å²) in [5.41, 5.74) is 1.68. The number of amides is 1. The zero-order chi connectivity index (χ0) is 13.0. The molecule has 1 N–H and O–H groups in total. The summed E-state index contributed by atoms with van der Waals surface area (Å²) in [5, 5.41) is 5.44. The number of hydrogen-bond donors (Lipinski definition) is 1. The zero-order valence-electron chi connectivity index (χ0n) is 10.1. The van der Waals surface area contributed by atoms with Crippen molar-refractivity contribution in [2.45, 2.75) is 13.3 Å². The highest BCUT2D eigenvalue weighted by molar-refractivity contribution is 7.13. The fraction of sp³-hybridized carbons (Fsp3) is 0.231. The molecule has 94 valence electrons. The van der Waals surface area contributed by atoms with Crippen LogP contribution in [0.15, 0.2) is 40.3 Å². The van der Waals surface area contributed by atoms with Crippen LogP contribution in [0, 0.1) is 0 Å². The Bertz CT molecular complexity index is 543. The smallest absolute Gasteiger partial charge is 0.226 e. The Hall–Kier alpha value is -1.88. The molecule has 0 aliphatic heterocycles. The molecule has 5 heteroatoms. The molecule has 0 atom stereocenters. The highest BCUT2D eigenvalue weighted by Crippen LogP contribution is 2.23. The average molecular weight is 262 g/mol. The average Bonchev–Trinajstić information content (AvgIpc) is 2.95. The van der Waals surface area contributed by atoms with E-state index in [1.165, 1.54) is 11.3 Å². The number of nitrogens with one attached hydrogen (secondary N) is 1. The Kier molecular flexibility index (Phi) is 3.94. The Morgan fingerprint density at radius 1 is 1.61 bits per heavy atom. The summed E-state index contributed by atoms with van der Waals surface area (Å²) in [4.78, 5) is 16.0. The fourth-order valence-electron chi connectivity index (χ4n) is 1.38. The fourth-order valence-corrected chi connectivity index (χ4v) is 2.16. The molecule has 2 aromatic rings. The van der Waals surface area contributed by atoms with E-state index in [9.17, 15) is 4.79 Å². The van der Waals surface area contributed by atoms with Gasteiger partial charge in [0.25, 0.3) is 0 Å². The van der Waals surface area contributed by atoms with Gasteiger partial charge in [0, 0.05) is 11.9 Å². The lowest BCUT2D eigenvalue weighted by molar-refractivity contribution is -0.120. The molecule has 0 saturated heterocycles. The van der Waals surface area contributed by atoms with Gasteiger partial charge in [-0.3, -0.25) is 4.79 Å². The molecule has 1 amide bonds. The summed E-state index contributed by atoms with van der Waals surface area (Å²) < 4.78 is 5.25. The first-order valence-electron chi connectivity index (χ1n) is 5.54. The summed E-state index contributed by atoms with van der Waals surface area (Å²) in [6.45, 7) is 6.11. The van der Waals surface area contributed by atoms with Crippen LogP contribution in [0.3, 0.4) is 0 Å². The van der Waals surface area contributed by atoms with E-state index in [0.29, 0.717) is 6.54 Å². The third kappa shape index (κ3) is 3.30. The monoisotopic (exact) mass is 262 g/mol. The number of nitrogens with zero attached hydrogens (tertiary/aromatic N) is 1. The summed E-state index contributed by atoms with van der Waals surface area (Å²) in [5.74, 6) is 0.683. The van der Waals surface area contributed by atoms with Gasteiger partial charge in [-0.15, -0.1) is 11.3 Å². The van der Waals surface area contributed by atoms with E-state index in [0.717, 1.165) is 22.0 Å². The van der Waals surface area contributed by atoms with Crippen molar-refractivity contribution in [2.24, 2.45) is 0 Å². The molecule has 4 nitrogen and oxygen atoms in total. The van der Waals surface area contributed by atoms with Gasteiger partial charge in [0.15, 0.2) is 10.8 Å². The van der Waals surface area contributed by atoms with Gasteiger partial charge in [-0.1, -0.05) is 12.2 Å². The highest BCUT2D eigenvalue weighted by Gasteiger charge is 2.10. The van der Waals surface area contributed by atoms with Crippen molar-refractivity contribution in [1.29, 1.82) is 0 Å². The van der Waals surface area contributed by atoms with Crippen molar-refractivity contribution < 1.29 is 9.21 Å². The summed E-state index contributed by atoms with van der Waals surface area (Å²) >= 11 is 1.47. The molecule has 0 fully saturated rings. The number of carbonyl (C=O) groups is 1. The third-order valence-corrected chi connectivity index (χ3v) is 3.12. The standard InChI is InChI=1S/C13H14N2O2S/c1-9(2)7-14-12(16)6-10-8-18-13(15-10)11-4-3-5-17-11/h3-5,8H,1,6-7H2,2H3,(H,14,16). The van der Waals surface area contributed by atoms with E-state index in [2.05, 4.69) is 16.9 Å². The van der Waals surface area contributed by atoms with E-state index in [1.807, 2.05) is 24.4 Å². The first-order chi connectivity index (χ1) is 8.65. The summed E-state index contributed by atoms with van der Waals surface area (Å²) in [6.07, 6.45) is 1.89. The molecule has 2 aromatic heterocycles. The normalized spacial score (nSPS) is 10.3. The van der Waals surface area contributed by atoms with Gasteiger partial charge in [0.05, 0.1) is 18.4 Å². The van der Waals surface area contributed by atoms with Crippen molar-refractivity contribution in [3.63, 3.8) is 0 Å². The molecule has 18 heavy (non-hydrogen) atoms. The zero-order valence-corrected chi connectivity index (χ0v) is 10.9. The lowest BCUT2D eigenvalue weighted by Crippen LogP contribution is -2.26. The molecular formula is C13H14N2O2S. The van der Waals surface area contributed by atoms with Crippen LogP contribution in [-0.2, 0) is 11.2 Å². The van der Waals surface area contributed by atoms with Crippen LogP contribution >= 0.6 is 11.3 Å². The maximum atomic E-state index is 11.6. The Labute approximate surface area is 109 Å². The molecule has 0 unspecified atom stereocenters. The lowest BCUT2D eigenvalue weighted by atomic mass is 10.3. The van der Waals surface area contributed by atoms with Gasteiger partial charge < -0.3 is 9.73 Å². The minimum Gasteiger partial charge on any atom is -0.462 e. The second-order valence-corrected chi connectivity index (χ2v) is 4.89. The molecule has 0 saturated carbocycles. The molecule has 0 bridgehead atoms. The number of rotatable bonds is 5. The topological polar surface area (TPSA) is 55.1 Å². The molecule has 2 heterocycles. The highest BCUT2D eigenvalue weighted by atomic mass is 32.1. The van der Waals surface area contributed by atoms with E-state index in [1.54, 1.807) is 6.26 Å². The summed E-state index contributed by atoms with van der Waals surface area (Å²) in [7, 11) is 0. The van der Waals surface area contributed by atoms with Gasteiger partial charge in [-0.25, -0.2) is 4.98 Å². The van der Waals surface area contributed by atoms with Crippen molar-refractivity contribution in [3.8, 4) is 10.8 Å². The van der Waals surface area contributed by atoms with E-state index < -0.39 is 0 Å².